The Morgan fingerprint density at radius 3 is 1.97 bits per heavy atom. The van der Waals surface area contributed by atoms with Crippen LogP contribution in [0.2, 0.25) is 5.02 Å². The van der Waals surface area contributed by atoms with E-state index in [1.807, 2.05) is 70.7 Å². The number of nitrogens with zero attached hydrogens (tertiary/aromatic N) is 1. The number of carbonyl (C=O) groups excluding carboxylic acids is 1. The highest BCUT2D eigenvalue weighted by molar-refractivity contribution is 6.30. The molecule has 5 heteroatoms. The average Bonchev–Trinajstić information content (AvgIpc) is 2.77. The summed E-state index contributed by atoms with van der Waals surface area (Å²) in [6, 6.07) is 7.25. The third-order valence-corrected chi connectivity index (χ3v) is 4.18. The molecule has 4 nitrogen and oxygen atoms in total. The van der Waals surface area contributed by atoms with E-state index in [2.05, 4.69) is 0 Å². The van der Waals surface area contributed by atoms with Crippen LogP contribution in [0.1, 0.15) is 67.7 Å². The Hall–Kier alpha value is -1.78. The zero-order valence-corrected chi connectivity index (χ0v) is 20.2. The first kappa shape index (κ1) is 29.4. The van der Waals surface area contributed by atoms with Gasteiger partial charge in [-0.05, 0) is 57.4 Å². The van der Waals surface area contributed by atoms with Crippen LogP contribution in [0.3, 0.4) is 0 Å². The largest absolute Gasteiger partial charge is 0.462 e. The van der Waals surface area contributed by atoms with Crippen LogP contribution in [0.25, 0.3) is 0 Å². The van der Waals surface area contributed by atoms with Gasteiger partial charge in [0.1, 0.15) is 11.5 Å². The first-order chi connectivity index (χ1) is 14.0. The summed E-state index contributed by atoms with van der Waals surface area (Å²) in [5, 5.41) is 0.696. The fourth-order valence-corrected chi connectivity index (χ4v) is 2.61. The first-order valence-electron chi connectivity index (χ1n) is 10.7. The van der Waals surface area contributed by atoms with Crippen LogP contribution in [0.15, 0.2) is 47.7 Å². The van der Waals surface area contributed by atoms with E-state index in [1.165, 1.54) is 19.3 Å². The molecule has 2 rings (SSSR count). The number of carbonyl (C=O) groups is 1. The second kappa shape index (κ2) is 19.5. The molecule has 1 aromatic carbocycles. The van der Waals surface area contributed by atoms with Gasteiger partial charge in [-0.25, -0.2) is 0 Å². The van der Waals surface area contributed by atoms with Crippen LogP contribution >= 0.6 is 11.6 Å². The van der Waals surface area contributed by atoms with Gasteiger partial charge in [0.15, 0.2) is 0 Å². The fourth-order valence-electron chi connectivity index (χ4n) is 2.48. The predicted molar refractivity (Wildman–Crippen MR) is 127 cm³/mol. The first-order valence-corrected chi connectivity index (χ1v) is 11.1. The normalized spacial score (nSPS) is 13.6. The summed E-state index contributed by atoms with van der Waals surface area (Å²) < 4.78 is 5.66. The number of nitrogens with two attached hydrogens (primary N) is 1. The van der Waals surface area contributed by atoms with Crippen molar-refractivity contribution in [2.75, 3.05) is 19.6 Å². The number of hydrogen-bond acceptors (Lipinski definition) is 3. The van der Waals surface area contributed by atoms with Crippen molar-refractivity contribution in [3.05, 3.63) is 52.8 Å². The number of ether oxygens (including phenoxy) is 1. The molecule has 166 valence electrons. The van der Waals surface area contributed by atoms with Crippen molar-refractivity contribution in [1.29, 1.82) is 0 Å². The SMILES string of the molecule is C/C=C\C(CN)=C(/C)Oc1ccc(Cl)cc1.CC.CC.CC(=O)N1CCCCC1. The van der Waals surface area contributed by atoms with Gasteiger partial charge in [-0.3, -0.25) is 4.79 Å². The van der Waals surface area contributed by atoms with Crippen molar-refractivity contribution in [3.63, 3.8) is 0 Å². The zero-order chi connectivity index (χ0) is 22.7. The molecular weight excluding hydrogens is 384 g/mol. The molecule has 0 bridgehead atoms. The fraction of sp³-hybridized carbons (Fsp3) is 0.542. The molecule has 1 saturated heterocycles. The van der Waals surface area contributed by atoms with Gasteiger partial charge in [0, 0.05) is 37.2 Å². The minimum absolute atomic E-state index is 0.231. The van der Waals surface area contributed by atoms with Crippen molar-refractivity contribution in [2.45, 2.75) is 67.7 Å². The van der Waals surface area contributed by atoms with E-state index >= 15 is 0 Å². The molecule has 0 aliphatic carbocycles. The molecule has 2 N–H and O–H groups in total. The Morgan fingerprint density at radius 1 is 1.07 bits per heavy atom. The van der Waals surface area contributed by atoms with Gasteiger partial charge in [0.25, 0.3) is 0 Å². The van der Waals surface area contributed by atoms with Crippen LogP contribution in [0.4, 0.5) is 0 Å². The van der Waals surface area contributed by atoms with Gasteiger partial charge in [0.05, 0.1) is 0 Å². The van der Waals surface area contributed by atoms with Crippen molar-refractivity contribution < 1.29 is 9.53 Å². The molecule has 0 saturated carbocycles. The third kappa shape index (κ3) is 13.9. The Labute approximate surface area is 183 Å². The molecule has 0 atom stereocenters. The minimum Gasteiger partial charge on any atom is -0.462 e. The molecule has 1 aliphatic rings. The number of allylic oxidation sites excluding steroid dienone is 2. The summed E-state index contributed by atoms with van der Waals surface area (Å²) in [5.41, 5.74) is 6.61. The van der Waals surface area contributed by atoms with E-state index in [-0.39, 0.29) is 5.91 Å². The van der Waals surface area contributed by atoms with E-state index < -0.39 is 0 Å². The highest BCUT2D eigenvalue weighted by atomic mass is 35.5. The highest BCUT2D eigenvalue weighted by Crippen LogP contribution is 2.19. The molecule has 0 unspecified atom stereocenters. The highest BCUT2D eigenvalue weighted by Gasteiger charge is 2.11. The summed E-state index contributed by atoms with van der Waals surface area (Å²) in [6.07, 6.45) is 7.57. The van der Waals surface area contributed by atoms with E-state index in [9.17, 15) is 4.79 Å². The number of rotatable bonds is 4. The standard InChI is InChI=1S/C13H16ClNO.C7H13NO.2C2H6/c1-3-4-11(9-15)10(2)16-13-7-5-12(14)6-8-13;1-7(9)8-5-3-2-4-6-8;2*1-2/h3-8H,9,15H2,1-2H3;2-6H2,1H3;2*1-2H3/b4-3-,11-10-;;;. The van der Waals surface area contributed by atoms with Crippen molar-refractivity contribution in [1.82, 2.24) is 4.90 Å². The number of benzene rings is 1. The summed E-state index contributed by atoms with van der Waals surface area (Å²) in [4.78, 5) is 12.6. The number of halogens is 1. The second-order valence-electron chi connectivity index (χ2n) is 5.91. The predicted octanol–water partition coefficient (Wildman–Crippen LogP) is 6.60. The van der Waals surface area contributed by atoms with Crippen LogP contribution in [-0.4, -0.2) is 30.4 Å². The van der Waals surface area contributed by atoms with Gasteiger partial charge < -0.3 is 15.4 Å². The summed E-state index contributed by atoms with van der Waals surface area (Å²) in [7, 11) is 0. The lowest BCUT2D eigenvalue weighted by atomic mass is 10.1. The second-order valence-corrected chi connectivity index (χ2v) is 6.34. The molecular formula is C24H41ClN2O2. The summed E-state index contributed by atoms with van der Waals surface area (Å²) in [6.45, 7) is 15.9. The maximum Gasteiger partial charge on any atom is 0.219 e. The van der Waals surface area contributed by atoms with Gasteiger partial charge >= 0.3 is 0 Å². The third-order valence-electron chi connectivity index (χ3n) is 3.93. The molecule has 1 aromatic rings. The minimum atomic E-state index is 0.231. The van der Waals surface area contributed by atoms with E-state index in [4.69, 9.17) is 22.1 Å². The maximum absolute atomic E-state index is 10.7. The molecule has 1 fully saturated rings. The number of hydrogen-bond donors (Lipinski definition) is 1. The molecule has 1 heterocycles. The number of likely N-dealkylation sites (tertiary alicyclic amines) is 1. The van der Waals surface area contributed by atoms with Gasteiger partial charge in [-0.1, -0.05) is 51.4 Å². The monoisotopic (exact) mass is 424 g/mol. The lowest BCUT2D eigenvalue weighted by molar-refractivity contribution is -0.129. The molecule has 0 aromatic heterocycles. The molecule has 0 radical (unpaired) electrons. The number of piperidine rings is 1. The van der Waals surface area contributed by atoms with Crippen LogP contribution in [-0.2, 0) is 4.79 Å². The number of amides is 1. The smallest absolute Gasteiger partial charge is 0.219 e. The van der Waals surface area contributed by atoms with E-state index in [1.54, 1.807) is 19.1 Å². The lowest BCUT2D eigenvalue weighted by Gasteiger charge is -2.24. The molecule has 1 aliphatic heterocycles. The zero-order valence-electron chi connectivity index (χ0n) is 19.4. The van der Waals surface area contributed by atoms with Crippen LogP contribution in [0.5, 0.6) is 5.75 Å². The summed E-state index contributed by atoms with van der Waals surface area (Å²) in [5.74, 6) is 1.80. The average molecular weight is 425 g/mol. The van der Waals surface area contributed by atoms with Crippen LogP contribution < -0.4 is 10.5 Å². The molecule has 1 amide bonds. The molecule has 29 heavy (non-hydrogen) atoms. The van der Waals surface area contributed by atoms with E-state index in [0.29, 0.717) is 11.6 Å². The van der Waals surface area contributed by atoms with Gasteiger partial charge in [-0.15, -0.1) is 0 Å². The van der Waals surface area contributed by atoms with E-state index in [0.717, 1.165) is 30.2 Å². The Bertz CT molecular complexity index is 589. The Morgan fingerprint density at radius 2 is 1.59 bits per heavy atom. The maximum atomic E-state index is 10.7. The quantitative estimate of drug-likeness (QED) is 0.437. The van der Waals surface area contributed by atoms with Crippen molar-refractivity contribution in [2.24, 2.45) is 5.73 Å². The van der Waals surface area contributed by atoms with Crippen molar-refractivity contribution >= 4 is 17.5 Å². The summed E-state index contributed by atoms with van der Waals surface area (Å²) >= 11 is 5.79. The van der Waals surface area contributed by atoms with Crippen molar-refractivity contribution in [3.8, 4) is 5.75 Å². The topological polar surface area (TPSA) is 55.6 Å². The molecule has 0 spiro atoms. The Kier molecular flexibility index (Phi) is 19.8. The van der Waals surface area contributed by atoms with Gasteiger partial charge in [-0.2, -0.15) is 0 Å². The Balaban J connectivity index is 0. The lowest BCUT2D eigenvalue weighted by Crippen LogP contribution is -2.33. The van der Waals surface area contributed by atoms with Gasteiger partial charge in [0.2, 0.25) is 5.91 Å². The van der Waals surface area contributed by atoms with Crippen LogP contribution in [0, 0.1) is 0 Å².